The maximum absolute atomic E-state index is 6.45. The van der Waals surface area contributed by atoms with Gasteiger partial charge in [-0.1, -0.05) is 51.9 Å². The zero-order chi connectivity index (χ0) is 28.9. The van der Waals surface area contributed by atoms with E-state index < -0.39 is 26.4 Å². The summed E-state index contributed by atoms with van der Waals surface area (Å²) in [7, 11) is 1.55. The van der Waals surface area contributed by atoms with E-state index in [0.29, 0.717) is 19.8 Å². The van der Waals surface area contributed by atoms with Crippen LogP contribution in [-0.4, -0.2) is 88.9 Å². The molecule has 38 heavy (non-hydrogen) atoms. The lowest BCUT2D eigenvalue weighted by molar-refractivity contribution is 0.0481. The Morgan fingerprint density at radius 2 is 0.842 bits per heavy atom. The molecule has 0 radical (unpaired) electrons. The predicted octanol–water partition coefficient (Wildman–Crippen LogP) is 6.45. The van der Waals surface area contributed by atoms with Crippen LogP contribution in [0.1, 0.15) is 91.9 Å². The fourth-order valence-electron chi connectivity index (χ4n) is 5.41. The molecule has 0 fully saturated rings. The van der Waals surface area contributed by atoms with Crippen molar-refractivity contribution in [3.8, 4) is 0 Å². The van der Waals surface area contributed by atoms with Gasteiger partial charge in [-0.3, -0.25) is 0 Å². The monoisotopic (exact) mass is 600 g/mol. The highest BCUT2D eigenvalue weighted by Crippen LogP contribution is 2.49. The van der Waals surface area contributed by atoms with Crippen LogP contribution < -0.4 is 0 Å². The molecule has 0 aliphatic rings. The van der Waals surface area contributed by atoms with E-state index in [4.69, 9.17) is 39.8 Å². The molecule has 230 valence electrons. The summed E-state index contributed by atoms with van der Waals surface area (Å²) in [5.74, 6) is 0. The molecule has 9 nitrogen and oxygen atoms in total. The van der Waals surface area contributed by atoms with Crippen LogP contribution in [0.25, 0.3) is 0 Å². The summed E-state index contributed by atoms with van der Waals surface area (Å²) in [4.78, 5) is 0. The Hall–Kier alpha value is 0.291. The van der Waals surface area contributed by atoms with Crippen LogP contribution in [-0.2, 0) is 39.8 Å². The van der Waals surface area contributed by atoms with Gasteiger partial charge >= 0.3 is 26.4 Å². The zero-order valence-corrected chi connectivity index (χ0v) is 29.2. The van der Waals surface area contributed by atoms with Gasteiger partial charge in [0.15, 0.2) is 0 Å². The maximum atomic E-state index is 6.45. The smallest absolute Gasteiger partial charge is 0.377 e. The van der Waals surface area contributed by atoms with Crippen LogP contribution in [0.3, 0.4) is 0 Å². The largest absolute Gasteiger partial charge is 0.504 e. The Kier molecular flexibility index (Phi) is 22.1. The Balaban J connectivity index is 5.79. The normalized spacial score (nSPS) is 14.7. The van der Waals surface area contributed by atoms with E-state index in [0.717, 1.165) is 70.3 Å². The summed E-state index contributed by atoms with van der Waals surface area (Å²) < 4.78 is 54.3. The second-order valence-corrected chi connectivity index (χ2v) is 18.5. The standard InChI is InChI=1S/C26H60O9Si3/c1-11-15-19-22-26(38(33-12-2,34-13-3)35-14-4)25(37(30-8,31-9)32-10)23-20-17-16-18-21-24-36(27-5,28-6)29-7/h25-26H,11-24H2,1-10H3. The molecule has 12 heteroatoms. The number of hydrogen-bond donors (Lipinski definition) is 0. The summed E-state index contributed by atoms with van der Waals surface area (Å²) in [5.41, 5.74) is 0.0587. The van der Waals surface area contributed by atoms with Gasteiger partial charge in [0.1, 0.15) is 0 Å². The molecular weight excluding hydrogens is 541 g/mol. The lowest BCUT2D eigenvalue weighted by Crippen LogP contribution is -2.58. The van der Waals surface area contributed by atoms with E-state index in [1.807, 2.05) is 20.8 Å². The molecule has 0 aromatic carbocycles. The summed E-state index contributed by atoms with van der Waals surface area (Å²) in [6.07, 6.45) is 10.6. The van der Waals surface area contributed by atoms with E-state index in [-0.39, 0.29) is 11.1 Å². The zero-order valence-electron chi connectivity index (χ0n) is 26.2. The summed E-state index contributed by atoms with van der Waals surface area (Å²) in [5, 5.41) is 0. The molecule has 0 heterocycles. The molecule has 0 spiro atoms. The Morgan fingerprint density at radius 1 is 0.447 bits per heavy atom. The summed E-state index contributed by atoms with van der Waals surface area (Å²) in [6, 6.07) is 0.830. The van der Waals surface area contributed by atoms with Gasteiger partial charge in [-0.15, -0.1) is 0 Å². The van der Waals surface area contributed by atoms with Gasteiger partial charge < -0.3 is 39.8 Å². The molecule has 2 unspecified atom stereocenters. The third-order valence-electron chi connectivity index (χ3n) is 7.33. The van der Waals surface area contributed by atoms with Crippen LogP contribution >= 0.6 is 0 Å². The first-order chi connectivity index (χ1) is 18.3. The van der Waals surface area contributed by atoms with Crippen LogP contribution in [0.5, 0.6) is 0 Å². The van der Waals surface area contributed by atoms with Crippen molar-refractivity contribution in [2.45, 2.75) is 109 Å². The van der Waals surface area contributed by atoms with E-state index >= 15 is 0 Å². The average molecular weight is 601 g/mol. The van der Waals surface area contributed by atoms with Crippen LogP contribution in [0, 0.1) is 0 Å². The molecule has 0 aromatic heterocycles. The molecule has 0 N–H and O–H groups in total. The van der Waals surface area contributed by atoms with Crippen molar-refractivity contribution in [3.05, 3.63) is 0 Å². The molecule has 0 bridgehead atoms. The van der Waals surface area contributed by atoms with Crippen LogP contribution in [0.2, 0.25) is 17.1 Å². The Labute approximate surface area is 237 Å². The van der Waals surface area contributed by atoms with Gasteiger partial charge in [0.25, 0.3) is 0 Å². The number of rotatable bonds is 27. The molecule has 0 rings (SSSR count). The van der Waals surface area contributed by atoms with Crippen LogP contribution in [0.15, 0.2) is 0 Å². The van der Waals surface area contributed by atoms with Gasteiger partial charge in [-0.2, -0.15) is 0 Å². The summed E-state index contributed by atoms with van der Waals surface area (Å²) >= 11 is 0. The molecule has 2 atom stereocenters. The van der Waals surface area contributed by atoms with Crippen molar-refractivity contribution in [2.75, 3.05) is 62.5 Å². The van der Waals surface area contributed by atoms with Crippen LogP contribution in [0.4, 0.5) is 0 Å². The van der Waals surface area contributed by atoms with E-state index in [1.54, 1.807) is 42.7 Å². The molecule has 0 amide bonds. The molecule has 0 aromatic rings. The highest BCUT2D eigenvalue weighted by molar-refractivity contribution is 6.69. The van der Waals surface area contributed by atoms with Crippen molar-refractivity contribution in [1.29, 1.82) is 0 Å². The number of unbranched alkanes of at least 4 members (excludes halogenated alkanes) is 6. The third-order valence-corrected chi connectivity index (χ3v) is 17.5. The highest BCUT2D eigenvalue weighted by atomic mass is 28.4. The lowest BCUT2D eigenvalue weighted by Gasteiger charge is -2.43. The molecule has 0 saturated carbocycles. The fourth-order valence-corrected chi connectivity index (χ4v) is 14.4. The van der Waals surface area contributed by atoms with Crippen molar-refractivity contribution in [2.24, 2.45) is 0 Å². The molecule has 0 saturated heterocycles. The highest BCUT2D eigenvalue weighted by Gasteiger charge is 2.61. The van der Waals surface area contributed by atoms with Crippen molar-refractivity contribution >= 4 is 26.4 Å². The van der Waals surface area contributed by atoms with Crippen molar-refractivity contribution < 1.29 is 39.8 Å². The Morgan fingerprint density at radius 3 is 1.24 bits per heavy atom. The van der Waals surface area contributed by atoms with Gasteiger partial charge in [-0.25, -0.2) is 0 Å². The van der Waals surface area contributed by atoms with Crippen molar-refractivity contribution in [1.82, 2.24) is 0 Å². The lowest BCUT2D eigenvalue weighted by atomic mass is 10.0. The first kappa shape index (κ1) is 38.3. The topological polar surface area (TPSA) is 83.1 Å². The van der Waals surface area contributed by atoms with Gasteiger partial charge in [0, 0.05) is 79.6 Å². The minimum absolute atomic E-state index is 0.0196. The first-order valence-electron chi connectivity index (χ1n) is 14.6. The summed E-state index contributed by atoms with van der Waals surface area (Å²) in [6.45, 7) is 9.89. The second kappa shape index (κ2) is 22.0. The quantitative estimate of drug-likeness (QED) is 0.0780. The minimum Gasteiger partial charge on any atom is -0.377 e. The van der Waals surface area contributed by atoms with Gasteiger partial charge in [-0.05, 0) is 40.0 Å². The second-order valence-electron chi connectivity index (χ2n) is 9.43. The Bertz CT molecular complexity index is 519. The molecule has 0 aliphatic carbocycles. The number of hydrogen-bond acceptors (Lipinski definition) is 9. The maximum Gasteiger partial charge on any atom is 0.504 e. The van der Waals surface area contributed by atoms with E-state index in [2.05, 4.69) is 6.92 Å². The molecule has 0 aliphatic heterocycles. The first-order valence-corrected chi connectivity index (χ1v) is 20.1. The third kappa shape index (κ3) is 11.6. The predicted molar refractivity (Wildman–Crippen MR) is 158 cm³/mol. The average Bonchev–Trinajstić information content (AvgIpc) is 2.93. The molecular formula is C26H60O9Si3. The van der Waals surface area contributed by atoms with E-state index in [9.17, 15) is 0 Å². The van der Waals surface area contributed by atoms with Crippen molar-refractivity contribution in [3.63, 3.8) is 0 Å². The van der Waals surface area contributed by atoms with Gasteiger partial charge in [0.2, 0.25) is 0 Å². The minimum atomic E-state index is -3.05. The SMILES string of the molecule is CCCCCC(C(CCCCCCC[Si](OC)(OC)OC)[Si](OC)(OC)OC)[Si](OCC)(OCC)OCC. The van der Waals surface area contributed by atoms with Gasteiger partial charge in [0.05, 0.1) is 0 Å². The van der Waals surface area contributed by atoms with E-state index in [1.165, 1.54) is 0 Å². The fraction of sp³-hybridized carbons (Fsp3) is 1.00.